The van der Waals surface area contributed by atoms with Crippen LogP contribution in [-0.4, -0.2) is 17.4 Å². The SMILES string of the molecule is Cc1ccc(C[C@@]2(CNC(=O)c3ccccn3)CCC[C@]3(C)c4ccc(C(C)C)cc4CC[C@@H]23)cc1C. The number of benzene rings is 2. The highest BCUT2D eigenvalue weighted by molar-refractivity contribution is 5.92. The first-order valence-corrected chi connectivity index (χ1v) is 14.1. The molecule has 2 aliphatic rings. The van der Waals surface area contributed by atoms with Crippen LogP contribution in [0.5, 0.6) is 0 Å². The fraction of sp³-hybridized carbons (Fsp3) is 0.471. The van der Waals surface area contributed by atoms with Crippen molar-refractivity contribution in [3.8, 4) is 0 Å². The van der Waals surface area contributed by atoms with Crippen LogP contribution in [0.15, 0.2) is 60.8 Å². The van der Waals surface area contributed by atoms with Crippen molar-refractivity contribution in [1.29, 1.82) is 0 Å². The van der Waals surface area contributed by atoms with Gasteiger partial charge in [-0.1, -0.05) is 69.7 Å². The van der Waals surface area contributed by atoms with Gasteiger partial charge in [-0.05, 0) is 114 Å². The maximum absolute atomic E-state index is 13.1. The van der Waals surface area contributed by atoms with E-state index in [2.05, 4.69) is 81.3 Å². The molecule has 1 heterocycles. The molecule has 3 nitrogen and oxygen atoms in total. The Labute approximate surface area is 223 Å². The van der Waals surface area contributed by atoms with E-state index in [1.807, 2.05) is 12.1 Å². The molecule has 0 spiro atoms. The van der Waals surface area contributed by atoms with Gasteiger partial charge in [0, 0.05) is 12.7 Å². The number of nitrogens with zero attached hydrogens (tertiary/aromatic N) is 1. The van der Waals surface area contributed by atoms with Gasteiger partial charge in [-0.15, -0.1) is 0 Å². The molecule has 1 fully saturated rings. The summed E-state index contributed by atoms with van der Waals surface area (Å²) in [6, 6.07) is 19.8. The first kappa shape index (κ1) is 25.7. The normalized spacial score (nSPS) is 24.9. The molecule has 1 saturated carbocycles. The van der Waals surface area contributed by atoms with Crippen molar-refractivity contribution in [2.24, 2.45) is 11.3 Å². The molecule has 0 aliphatic heterocycles. The Morgan fingerprint density at radius 3 is 2.62 bits per heavy atom. The second-order valence-corrected chi connectivity index (χ2v) is 12.3. The highest BCUT2D eigenvalue weighted by atomic mass is 16.1. The van der Waals surface area contributed by atoms with E-state index >= 15 is 0 Å². The van der Waals surface area contributed by atoms with E-state index in [0.29, 0.717) is 24.1 Å². The number of nitrogens with one attached hydrogen (secondary N) is 1. The predicted molar refractivity (Wildman–Crippen MR) is 152 cm³/mol. The quantitative estimate of drug-likeness (QED) is 0.386. The van der Waals surface area contributed by atoms with E-state index in [0.717, 1.165) is 19.3 Å². The largest absolute Gasteiger partial charge is 0.350 e. The predicted octanol–water partition coefficient (Wildman–Crippen LogP) is 7.48. The lowest BCUT2D eigenvalue weighted by Gasteiger charge is -2.57. The first-order valence-electron chi connectivity index (χ1n) is 14.1. The second kappa shape index (κ2) is 10.1. The standard InChI is InChI=1S/C34H42N2O/c1-23(2)27-12-14-29-28(20-27)13-15-31-33(29,5)16-8-17-34(31,21-26-11-10-24(3)25(4)19-26)22-36-32(37)30-9-6-7-18-35-30/h6-7,9-12,14,18-20,23,31H,8,13,15-17,21-22H2,1-5H3,(H,36,37)/t31-,33-,34-/m1/s1. The summed E-state index contributed by atoms with van der Waals surface area (Å²) in [4.78, 5) is 17.5. The average molecular weight is 495 g/mol. The van der Waals surface area contributed by atoms with Crippen molar-refractivity contribution in [3.63, 3.8) is 0 Å². The Morgan fingerprint density at radius 1 is 1.05 bits per heavy atom. The minimum Gasteiger partial charge on any atom is -0.350 e. The third kappa shape index (κ3) is 4.85. The first-order chi connectivity index (χ1) is 17.7. The van der Waals surface area contributed by atoms with Gasteiger partial charge in [-0.25, -0.2) is 0 Å². The number of carbonyl (C=O) groups excluding carboxylic acids is 1. The van der Waals surface area contributed by atoms with Crippen LogP contribution < -0.4 is 5.32 Å². The molecule has 5 rings (SSSR count). The number of hydrogen-bond acceptors (Lipinski definition) is 2. The molecule has 2 aliphatic carbocycles. The highest BCUT2D eigenvalue weighted by Crippen LogP contribution is 2.58. The molecule has 0 bridgehead atoms. The lowest BCUT2D eigenvalue weighted by molar-refractivity contribution is 0.0111. The number of pyridine rings is 1. The second-order valence-electron chi connectivity index (χ2n) is 12.3. The summed E-state index contributed by atoms with van der Waals surface area (Å²) >= 11 is 0. The topological polar surface area (TPSA) is 42.0 Å². The van der Waals surface area contributed by atoms with Crippen LogP contribution in [-0.2, 0) is 18.3 Å². The van der Waals surface area contributed by atoms with E-state index in [1.54, 1.807) is 23.4 Å². The van der Waals surface area contributed by atoms with Gasteiger partial charge in [0.1, 0.15) is 5.69 Å². The average Bonchev–Trinajstić information content (AvgIpc) is 2.89. The summed E-state index contributed by atoms with van der Waals surface area (Å²) in [5.74, 6) is 0.995. The zero-order chi connectivity index (χ0) is 26.2. The van der Waals surface area contributed by atoms with Crippen molar-refractivity contribution in [2.75, 3.05) is 6.54 Å². The molecular formula is C34H42N2O. The zero-order valence-electron chi connectivity index (χ0n) is 23.2. The van der Waals surface area contributed by atoms with E-state index in [4.69, 9.17) is 0 Å². The number of aryl methyl sites for hydroxylation is 3. The molecule has 37 heavy (non-hydrogen) atoms. The van der Waals surface area contributed by atoms with Crippen molar-refractivity contribution in [3.05, 3.63) is 99.9 Å². The molecule has 0 radical (unpaired) electrons. The summed E-state index contributed by atoms with van der Waals surface area (Å²) in [5, 5.41) is 3.35. The summed E-state index contributed by atoms with van der Waals surface area (Å²) in [7, 11) is 0. The monoisotopic (exact) mass is 494 g/mol. The van der Waals surface area contributed by atoms with E-state index in [-0.39, 0.29) is 16.7 Å². The molecule has 1 N–H and O–H groups in total. The molecule has 0 unspecified atom stereocenters. The lowest BCUT2D eigenvalue weighted by Crippen LogP contribution is -2.55. The molecule has 2 aromatic carbocycles. The van der Waals surface area contributed by atoms with Crippen LogP contribution >= 0.6 is 0 Å². The molecule has 3 aromatic rings. The Kier molecular flexibility index (Phi) is 7.00. The molecule has 1 aromatic heterocycles. The molecule has 3 atom stereocenters. The van der Waals surface area contributed by atoms with Crippen LogP contribution in [0.25, 0.3) is 0 Å². The number of aromatic nitrogens is 1. The van der Waals surface area contributed by atoms with Crippen LogP contribution in [0.4, 0.5) is 0 Å². The van der Waals surface area contributed by atoms with Crippen LogP contribution in [0.2, 0.25) is 0 Å². The fourth-order valence-electron chi connectivity index (χ4n) is 7.47. The maximum Gasteiger partial charge on any atom is 0.269 e. The summed E-state index contributed by atoms with van der Waals surface area (Å²) < 4.78 is 0. The van der Waals surface area contributed by atoms with Crippen LogP contribution in [0.1, 0.15) is 96.2 Å². The third-order valence-electron chi connectivity index (χ3n) is 9.62. The highest BCUT2D eigenvalue weighted by Gasteiger charge is 2.53. The van der Waals surface area contributed by atoms with Gasteiger partial charge in [0.25, 0.3) is 5.91 Å². The van der Waals surface area contributed by atoms with Gasteiger partial charge in [-0.3, -0.25) is 9.78 Å². The molecular weight excluding hydrogens is 452 g/mol. The Balaban J connectivity index is 1.52. The molecule has 3 heteroatoms. The number of carbonyl (C=O) groups is 1. The van der Waals surface area contributed by atoms with Crippen LogP contribution in [0.3, 0.4) is 0 Å². The van der Waals surface area contributed by atoms with Gasteiger partial charge in [-0.2, -0.15) is 0 Å². The van der Waals surface area contributed by atoms with Crippen molar-refractivity contribution in [2.45, 2.75) is 84.5 Å². The lowest BCUT2D eigenvalue weighted by atomic mass is 9.48. The molecule has 194 valence electrons. The minimum absolute atomic E-state index is 0.00749. The Hall–Kier alpha value is -2.94. The van der Waals surface area contributed by atoms with Crippen molar-refractivity contribution < 1.29 is 4.79 Å². The smallest absolute Gasteiger partial charge is 0.269 e. The Morgan fingerprint density at radius 2 is 1.89 bits per heavy atom. The van der Waals surface area contributed by atoms with Crippen LogP contribution in [0, 0.1) is 25.2 Å². The molecule has 0 saturated heterocycles. The van der Waals surface area contributed by atoms with Crippen molar-refractivity contribution >= 4 is 5.91 Å². The van der Waals surface area contributed by atoms with Gasteiger partial charge in [0.15, 0.2) is 0 Å². The summed E-state index contributed by atoms with van der Waals surface area (Å²) in [6.45, 7) is 12.2. The molecule has 1 amide bonds. The summed E-state index contributed by atoms with van der Waals surface area (Å²) in [6.07, 6.45) is 8.53. The summed E-state index contributed by atoms with van der Waals surface area (Å²) in [5.41, 5.74) is 9.24. The minimum atomic E-state index is -0.0647. The number of amides is 1. The Bertz CT molecular complexity index is 1280. The van der Waals surface area contributed by atoms with E-state index in [1.165, 1.54) is 41.5 Å². The maximum atomic E-state index is 13.1. The van der Waals surface area contributed by atoms with Gasteiger partial charge >= 0.3 is 0 Å². The number of rotatable bonds is 6. The van der Waals surface area contributed by atoms with E-state index < -0.39 is 0 Å². The zero-order valence-corrected chi connectivity index (χ0v) is 23.2. The van der Waals surface area contributed by atoms with Gasteiger partial charge in [0.05, 0.1) is 0 Å². The fourth-order valence-corrected chi connectivity index (χ4v) is 7.47. The van der Waals surface area contributed by atoms with Crippen molar-refractivity contribution in [1.82, 2.24) is 10.3 Å². The van der Waals surface area contributed by atoms with Gasteiger partial charge < -0.3 is 5.32 Å². The number of hydrogen-bond donors (Lipinski definition) is 1. The van der Waals surface area contributed by atoms with Gasteiger partial charge in [0.2, 0.25) is 0 Å². The third-order valence-corrected chi connectivity index (χ3v) is 9.62. The number of fused-ring (bicyclic) bond motifs is 3. The van der Waals surface area contributed by atoms with E-state index in [9.17, 15) is 4.79 Å².